The van der Waals surface area contributed by atoms with Crippen LogP contribution in [0.1, 0.15) is 18.0 Å². The van der Waals surface area contributed by atoms with Crippen LogP contribution in [0.5, 0.6) is 0 Å². The van der Waals surface area contributed by atoms with Crippen LogP contribution in [0.3, 0.4) is 0 Å². The van der Waals surface area contributed by atoms with Crippen molar-refractivity contribution in [3.05, 3.63) is 34.9 Å². The van der Waals surface area contributed by atoms with Gasteiger partial charge in [0.2, 0.25) is 5.91 Å². The maximum absolute atomic E-state index is 13.1. The Hall–Kier alpha value is -1.18. The molecule has 0 aliphatic carbocycles. The highest BCUT2D eigenvalue weighted by Gasteiger charge is 2.39. The molecule has 0 saturated carbocycles. The first-order chi connectivity index (χ1) is 12.2. The fraction of sp³-hybridized carbons (Fsp3) is 0.611. The molecule has 0 bridgehead atoms. The number of piperazine rings is 1. The molecule has 3 unspecified atom stereocenters. The summed E-state index contributed by atoms with van der Waals surface area (Å²) in [5, 5.41) is 4.10. The van der Waals surface area contributed by atoms with E-state index in [0.717, 1.165) is 51.3 Å². The molecule has 6 nitrogen and oxygen atoms in total. The molecule has 3 heterocycles. The molecule has 3 saturated heterocycles. The van der Waals surface area contributed by atoms with Gasteiger partial charge in [0.05, 0.1) is 12.0 Å². The lowest BCUT2D eigenvalue weighted by Gasteiger charge is -2.33. The number of hydrogen-bond donors (Lipinski definition) is 3. The Morgan fingerprint density at radius 1 is 1.20 bits per heavy atom. The minimum atomic E-state index is -0.0831. The van der Waals surface area contributed by atoms with Crippen LogP contribution in [0.25, 0.3) is 0 Å². The van der Waals surface area contributed by atoms with Crippen molar-refractivity contribution >= 4 is 17.5 Å². The Morgan fingerprint density at radius 3 is 2.84 bits per heavy atom. The van der Waals surface area contributed by atoms with Crippen molar-refractivity contribution in [3.63, 3.8) is 0 Å². The summed E-state index contributed by atoms with van der Waals surface area (Å²) in [6.07, 6.45) is 1.08. The average Bonchev–Trinajstić information content (AvgIpc) is 3.32. The molecule has 1 aromatic rings. The van der Waals surface area contributed by atoms with E-state index in [1.807, 2.05) is 24.3 Å². The lowest BCUT2D eigenvalue weighted by molar-refractivity contribution is -0.134. The van der Waals surface area contributed by atoms with E-state index < -0.39 is 0 Å². The van der Waals surface area contributed by atoms with E-state index in [1.165, 1.54) is 0 Å². The molecule has 1 aromatic carbocycles. The SMILES string of the molecule is O=C(C1CNNC1c1cccc(Cl)c1)N1CCC(N2CCNCC2)C1. The zero-order valence-corrected chi connectivity index (χ0v) is 15.1. The molecule has 3 aliphatic heterocycles. The van der Waals surface area contributed by atoms with Crippen LogP contribution in [-0.2, 0) is 4.79 Å². The minimum absolute atomic E-state index is 0.0237. The van der Waals surface area contributed by atoms with E-state index in [-0.39, 0.29) is 17.9 Å². The maximum Gasteiger partial charge on any atom is 0.229 e. The van der Waals surface area contributed by atoms with Gasteiger partial charge in [-0.2, -0.15) is 0 Å². The summed E-state index contributed by atoms with van der Waals surface area (Å²) in [6, 6.07) is 8.27. The number of amides is 1. The number of halogens is 1. The molecule has 25 heavy (non-hydrogen) atoms. The quantitative estimate of drug-likeness (QED) is 0.734. The number of nitrogens with zero attached hydrogens (tertiary/aromatic N) is 2. The first-order valence-electron chi connectivity index (χ1n) is 9.20. The van der Waals surface area contributed by atoms with Gasteiger partial charge in [-0.1, -0.05) is 23.7 Å². The van der Waals surface area contributed by atoms with Gasteiger partial charge in [-0.25, -0.2) is 5.43 Å². The van der Waals surface area contributed by atoms with E-state index >= 15 is 0 Å². The second kappa shape index (κ2) is 7.60. The molecule has 7 heteroatoms. The fourth-order valence-corrected chi connectivity index (χ4v) is 4.46. The van der Waals surface area contributed by atoms with Crippen LogP contribution in [-0.4, -0.2) is 67.6 Å². The molecular formula is C18H26ClN5O. The number of likely N-dealkylation sites (tertiary alicyclic amines) is 1. The first-order valence-corrected chi connectivity index (χ1v) is 9.57. The topological polar surface area (TPSA) is 59.6 Å². The standard InChI is InChI=1S/C18H26ClN5O/c19-14-3-1-2-13(10-14)17-16(11-21-22-17)18(25)24-7-4-15(12-24)23-8-5-20-6-9-23/h1-3,10,15-17,20-22H,4-9,11-12H2. The number of carbonyl (C=O) groups excluding carboxylic acids is 1. The van der Waals surface area contributed by atoms with Crippen molar-refractivity contribution in [1.29, 1.82) is 0 Å². The predicted molar refractivity (Wildman–Crippen MR) is 98.2 cm³/mol. The zero-order chi connectivity index (χ0) is 17.2. The van der Waals surface area contributed by atoms with E-state index in [1.54, 1.807) is 0 Å². The lowest BCUT2D eigenvalue weighted by atomic mass is 9.94. The smallest absolute Gasteiger partial charge is 0.229 e. The third-order valence-electron chi connectivity index (χ3n) is 5.65. The molecule has 1 amide bonds. The molecule has 0 spiro atoms. The number of benzene rings is 1. The van der Waals surface area contributed by atoms with Gasteiger partial charge in [-0.15, -0.1) is 0 Å². The van der Waals surface area contributed by atoms with Crippen LogP contribution in [0, 0.1) is 5.92 Å². The van der Waals surface area contributed by atoms with Crippen LogP contribution in [0.2, 0.25) is 5.02 Å². The Balaban J connectivity index is 1.41. The highest BCUT2D eigenvalue weighted by atomic mass is 35.5. The van der Waals surface area contributed by atoms with Gasteiger partial charge in [-0.05, 0) is 24.1 Å². The van der Waals surface area contributed by atoms with Gasteiger partial charge in [0.15, 0.2) is 0 Å². The molecule has 3 N–H and O–H groups in total. The van der Waals surface area contributed by atoms with Gasteiger partial charge in [0.25, 0.3) is 0 Å². The van der Waals surface area contributed by atoms with Crippen LogP contribution in [0.15, 0.2) is 24.3 Å². The summed E-state index contributed by atoms with van der Waals surface area (Å²) in [5.74, 6) is 0.167. The average molecular weight is 364 g/mol. The number of hydrazine groups is 1. The fourth-order valence-electron chi connectivity index (χ4n) is 4.26. The Labute approximate surface area is 153 Å². The highest BCUT2D eigenvalue weighted by Crippen LogP contribution is 2.29. The molecule has 3 atom stereocenters. The van der Waals surface area contributed by atoms with E-state index in [0.29, 0.717) is 17.6 Å². The van der Waals surface area contributed by atoms with Crippen LogP contribution < -0.4 is 16.2 Å². The normalized spacial score (nSPS) is 30.8. The largest absolute Gasteiger partial charge is 0.341 e. The van der Waals surface area contributed by atoms with Crippen molar-refractivity contribution in [2.45, 2.75) is 18.5 Å². The molecule has 3 fully saturated rings. The van der Waals surface area contributed by atoms with E-state index in [9.17, 15) is 4.79 Å². The van der Waals surface area contributed by atoms with Crippen molar-refractivity contribution < 1.29 is 4.79 Å². The van der Waals surface area contributed by atoms with Crippen molar-refractivity contribution in [1.82, 2.24) is 26.0 Å². The van der Waals surface area contributed by atoms with Gasteiger partial charge in [0.1, 0.15) is 0 Å². The molecule has 136 valence electrons. The molecule has 4 rings (SSSR count). The van der Waals surface area contributed by atoms with E-state index in [4.69, 9.17) is 11.6 Å². The third kappa shape index (κ3) is 3.68. The second-order valence-electron chi connectivity index (χ2n) is 7.18. The monoisotopic (exact) mass is 363 g/mol. The first kappa shape index (κ1) is 17.2. The van der Waals surface area contributed by atoms with Crippen molar-refractivity contribution in [3.8, 4) is 0 Å². The van der Waals surface area contributed by atoms with Crippen molar-refractivity contribution in [2.75, 3.05) is 45.8 Å². The zero-order valence-electron chi connectivity index (χ0n) is 14.4. The summed E-state index contributed by atoms with van der Waals surface area (Å²) in [7, 11) is 0. The number of hydrogen-bond acceptors (Lipinski definition) is 5. The van der Waals surface area contributed by atoms with Gasteiger partial charge in [0, 0.05) is 56.9 Å². The van der Waals surface area contributed by atoms with E-state index in [2.05, 4.69) is 26.0 Å². The highest BCUT2D eigenvalue weighted by molar-refractivity contribution is 6.30. The van der Waals surface area contributed by atoms with Gasteiger partial charge >= 0.3 is 0 Å². The third-order valence-corrected chi connectivity index (χ3v) is 5.89. The molecular weight excluding hydrogens is 338 g/mol. The molecule has 0 aromatic heterocycles. The molecule has 3 aliphatic rings. The Bertz CT molecular complexity index is 621. The second-order valence-corrected chi connectivity index (χ2v) is 7.61. The number of carbonyl (C=O) groups is 1. The van der Waals surface area contributed by atoms with Crippen molar-refractivity contribution in [2.24, 2.45) is 5.92 Å². The summed E-state index contributed by atoms with van der Waals surface area (Å²) in [4.78, 5) is 17.7. The summed E-state index contributed by atoms with van der Waals surface area (Å²) in [6.45, 7) is 6.67. The van der Waals surface area contributed by atoms with Gasteiger partial charge < -0.3 is 10.2 Å². The maximum atomic E-state index is 13.1. The molecule has 0 radical (unpaired) electrons. The van der Waals surface area contributed by atoms with Crippen LogP contribution >= 0.6 is 11.6 Å². The van der Waals surface area contributed by atoms with Crippen LogP contribution in [0.4, 0.5) is 0 Å². The summed E-state index contributed by atoms with van der Waals surface area (Å²) in [5.41, 5.74) is 7.48. The lowest BCUT2D eigenvalue weighted by Crippen LogP contribution is -2.49. The number of nitrogens with one attached hydrogen (secondary N) is 3. The summed E-state index contributed by atoms with van der Waals surface area (Å²) >= 11 is 6.13. The number of rotatable bonds is 3. The van der Waals surface area contributed by atoms with Gasteiger partial charge in [-0.3, -0.25) is 15.1 Å². The predicted octanol–water partition coefficient (Wildman–Crippen LogP) is 0.611. The minimum Gasteiger partial charge on any atom is -0.341 e. The Morgan fingerprint density at radius 2 is 2.04 bits per heavy atom. The summed E-state index contributed by atoms with van der Waals surface area (Å²) < 4.78 is 0. The Kier molecular flexibility index (Phi) is 5.24.